The number of halogens is 1. The highest BCUT2D eigenvalue weighted by Gasteiger charge is 2.10. The molecule has 0 fully saturated rings. The molecule has 0 saturated heterocycles. The number of benzene rings is 3. The van der Waals surface area contributed by atoms with Crippen molar-refractivity contribution in [1.29, 1.82) is 0 Å². The molecule has 3 aromatic carbocycles. The van der Waals surface area contributed by atoms with Crippen molar-refractivity contribution in [3.8, 4) is 5.75 Å². The zero-order chi connectivity index (χ0) is 18.4. The molecule has 0 bridgehead atoms. The highest BCUT2D eigenvalue weighted by Crippen LogP contribution is 2.26. The van der Waals surface area contributed by atoms with Gasteiger partial charge in [0.2, 0.25) is 0 Å². The van der Waals surface area contributed by atoms with E-state index in [1.807, 2.05) is 24.3 Å². The molecule has 0 aliphatic heterocycles. The van der Waals surface area contributed by atoms with Gasteiger partial charge in [-0.05, 0) is 41.0 Å². The van der Waals surface area contributed by atoms with E-state index in [-0.39, 0.29) is 0 Å². The summed E-state index contributed by atoms with van der Waals surface area (Å²) in [6.07, 6.45) is 2.23. The van der Waals surface area contributed by atoms with Gasteiger partial charge in [0.15, 0.2) is 0 Å². The van der Waals surface area contributed by atoms with Crippen LogP contribution in [0.15, 0.2) is 83.3 Å². The molecule has 26 heavy (non-hydrogen) atoms. The summed E-state index contributed by atoms with van der Waals surface area (Å²) in [5.74, 6) is 0.878. The topological polar surface area (TPSA) is 12.5 Å². The molecule has 0 unspecified atom stereocenters. The van der Waals surface area contributed by atoms with Gasteiger partial charge in [0.25, 0.3) is 0 Å². The fourth-order valence-corrected chi connectivity index (χ4v) is 3.25. The first kappa shape index (κ1) is 18.3. The fraction of sp³-hybridized carbons (Fsp3) is 0.130. The van der Waals surface area contributed by atoms with Crippen LogP contribution in [0.5, 0.6) is 5.75 Å². The number of methoxy groups -OCH3 is 1. The lowest BCUT2D eigenvalue weighted by atomic mass is 10.1. The standard InChI is InChI=1S/C23H22BrNO/c1-25(17-18-12-14-21(26-2)15-13-18)23(19-8-4-3-5-9-19)16-20-10-6-7-11-22(20)24/h3-16H,17H2,1-2H3/b23-16+. The molecule has 132 valence electrons. The maximum atomic E-state index is 5.25. The summed E-state index contributed by atoms with van der Waals surface area (Å²) in [7, 11) is 3.81. The number of ether oxygens (including phenoxy) is 1. The van der Waals surface area contributed by atoms with Crippen molar-refractivity contribution in [2.45, 2.75) is 6.54 Å². The average molecular weight is 408 g/mol. The summed E-state index contributed by atoms with van der Waals surface area (Å²) in [5, 5.41) is 0. The van der Waals surface area contributed by atoms with E-state index in [9.17, 15) is 0 Å². The second kappa shape index (κ2) is 8.72. The van der Waals surface area contributed by atoms with E-state index in [2.05, 4.69) is 88.6 Å². The summed E-state index contributed by atoms with van der Waals surface area (Å²) in [6.45, 7) is 0.815. The van der Waals surface area contributed by atoms with Gasteiger partial charge in [-0.25, -0.2) is 0 Å². The molecular formula is C23H22BrNO. The van der Waals surface area contributed by atoms with Crippen LogP contribution in [0, 0.1) is 0 Å². The van der Waals surface area contributed by atoms with Crippen LogP contribution in [0.2, 0.25) is 0 Å². The number of nitrogens with zero attached hydrogens (tertiary/aromatic N) is 1. The van der Waals surface area contributed by atoms with Gasteiger partial charge in [-0.2, -0.15) is 0 Å². The van der Waals surface area contributed by atoms with Crippen molar-refractivity contribution >= 4 is 27.7 Å². The second-order valence-electron chi connectivity index (χ2n) is 6.12. The summed E-state index contributed by atoms with van der Waals surface area (Å²) < 4.78 is 6.34. The van der Waals surface area contributed by atoms with Crippen LogP contribution in [-0.4, -0.2) is 19.1 Å². The van der Waals surface area contributed by atoms with Gasteiger partial charge in [0, 0.05) is 23.8 Å². The van der Waals surface area contributed by atoms with E-state index >= 15 is 0 Å². The molecule has 2 nitrogen and oxygen atoms in total. The van der Waals surface area contributed by atoms with E-state index < -0.39 is 0 Å². The van der Waals surface area contributed by atoms with Crippen LogP contribution in [0.3, 0.4) is 0 Å². The fourth-order valence-electron chi connectivity index (χ4n) is 2.85. The van der Waals surface area contributed by atoms with E-state index in [1.54, 1.807) is 7.11 Å². The van der Waals surface area contributed by atoms with Crippen molar-refractivity contribution in [2.24, 2.45) is 0 Å². The molecule has 0 radical (unpaired) electrons. The first-order chi connectivity index (χ1) is 12.7. The third-order valence-electron chi connectivity index (χ3n) is 4.26. The molecule has 0 amide bonds. The van der Waals surface area contributed by atoms with Crippen LogP contribution in [-0.2, 0) is 6.54 Å². The van der Waals surface area contributed by atoms with Crippen molar-refractivity contribution in [3.05, 3.63) is 100 Å². The molecule has 0 heterocycles. The molecule has 0 spiro atoms. The Hall–Kier alpha value is -2.52. The lowest BCUT2D eigenvalue weighted by Crippen LogP contribution is -2.16. The van der Waals surface area contributed by atoms with Gasteiger partial charge in [-0.3, -0.25) is 0 Å². The van der Waals surface area contributed by atoms with E-state index in [4.69, 9.17) is 4.74 Å². The molecule has 3 rings (SSSR count). The number of hydrogen-bond donors (Lipinski definition) is 0. The first-order valence-electron chi connectivity index (χ1n) is 8.53. The monoisotopic (exact) mass is 407 g/mol. The van der Waals surface area contributed by atoms with Crippen LogP contribution in [0.1, 0.15) is 16.7 Å². The quantitative estimate of drug-likeness (QED) is 0.458. The largest absolute Gasteiger partial charge is 0.497 e. The highest BCUT2D eigenvalue weighted by molar-refractivity contribution is 9.10. The number of hydrogen-bond acceptors (Lipinski definition) is 2. The zero-order valence-corrected chi connectivity index (χ0v) is 16.6. The maximum Gasteiger partial charge on any atom is 0.118 e. The highest BCUT2D eigenvalue weighted by atomic mass is 79.9. The molecule has 3 heteroatoms. The average Bonchev–Trinajstić information content (AvgIpc) is 2.68. The Bertz CT molecular complexity index is 872. The number of rotatable bonds is 6. The van der Waals surface area contributed by atoms with Gasteiger partial charge < -0.3 is 9.64 Å². The molecule has 3 aromatic rings. The summed E-state index contributed by atoms with van der Waals surface area (Å²) in [5.41, 5.74) is 4.77. The Labute approximate surface area is 163 Å². The van der Waals surface area contributed by atoms with Crippen molar-refractivity contribution in [1.82, 2.24) is 4.90 Å². The van der Waals surface area contributed by atoms with Crippen molar-refractivity contribution < 1.29 is 4.74 Å². The van der Waals surface area contributed by atoms with Crippen LogP contribution < -0.4 is 4.74 Å². The van der Waals surface area contributed by atoms with E-state index in [0.717, 1.165) is 22.3 Å². The SMILES string of the molecule is COc1ccc(CN(C)/C(=C/c2ccccc2Br)c2ccccc2)cc1. The Morgan fingerprint density at radius 1 is 0.923 bits per heavy atom. The van der Waals surface area contributed by atoms with Gasteiger partial charge >= 0.3 is 0 Å². The first-order valence-corrected chi connectivity index (χ1v) is 9.32. The van der Waals surface area contributed by atoms with Gasteiger partial charge in [0.05, 0.1) is 7.11 Å². The van der Waals surface area contributed by atoms with Gasteiger partial charge in [-0.15, -0.1) is 0 Å². The molecule has 0 saturated carbocycles. The normalized spacial score (nSPS) is 11.3. The van der Waals surface area contributed by atoms with E-state index in [0.29, 0.717) is 0 Å². The van der Waals surface area contributed by atoms with Crippen LogP contribution in [0.4, 0.5) is 0 Å². The van der Waals surface area contributed by atoms with Crippen LogP contribution >= 0.6 is 15.9 Å². The van der Waals surface area contributed by atoms with Crippen molar-refractivity contribution in [2.75, 3.05) is 14.2 Å². The Balaban J connectivity index is 1.93. The summed E-state index contributed by atoms with van der Waals surface area (Å²) in [4.78, 5) is 2.27. The third-order valence-corrected chi connectivity index (χ3v) is 4.98. The minimum Gasteiger partial charge on any atom is -0.497 e. The lowest BCUT2D eigenvalue weighted by Gasteiger charge is -2.24. The lowest BCUT2D eigenvalue weighted by molar-refractivity contribution is 0.414. The van der Waals surface area contributed by atoms with Gasteiger partial charge in [-0.1, -0.05) is 76.6 Å². The second-order valence-corrected chi connectivity index (χ2v) is 6.98. The minimum absolute atomic E-state index is 0.815. The molecule has 0 N–H and O–H groups in total. The Morgan fingerprint density at radius 2 is 1.58 bits per heavy atom. The minimum atomic E-state index is 0.815. The summed E-state index contributed by atoms with van der Waals surface area (Å²) in [6, 6.07) is 27.0. The smallest absolute Gasteiger partial charge is 0.118 e. The third kappa shape index (κ3) is 4.55. The predicted octanol–water partition coefficient (Wildman–Crippen LogP) is 6.09. The van der Waals surface area contributed by atoms with Crippen LogP contribution in [0.25, 0.3) is 11.8 Å². The molecular weight excluding hydrogens is 386 g/mol. The Morgan fingerprint density at radius 3 is 2.23 bits per heavy atom. The molecule has 0 aliphatic carbocycles. The Kier molecular flexibility index (Phi) is 6.13. The predicted molar refractivity (Wildman–Crippen MR) is 113 cm³/mol. The van der Waals surface area contributed by atoms with E-state index in [1.165, 1.54) is 16.8 Å². The molecule has 0 aliphatic rings. The zero-order valence-electron chi connectivity index (χ0n) is 15.0. The van der Waals surface area contributed by atoms with Crippen molar-refractivity contribution in [3.63, 3.8) is 0 Å². The molecule has 0 atom stereocenters. The maximum absolute atomic E-state index is 5.25. The molecule has 0 aromatic heterocycles. The van der Waals surface area contributed by atoms with Gasteiger partial charge in [0.1, 0.15) is 5.75 Å². The summed E-state index contributed by atoms with van der Waals surface area (Å²) >= 11 is 3.65.